The highest BCUT2D eigenvalue weighted by Gasteiger charge is 2.39. The van der Waals surface area contributed by atoms with Crippen LogP contribution in [-0.4, -0.2) is 47.3 Å². The maximum absolute atomic E-state index is 12.0. The van der Waals surface area contributed by atoms with Crippen LogP contribution in [0.15, 0.2) is 12.5 Å². The number of carbonyl (C=O) groups is 1. The smallest absolute Gasteiger partial charge is 0.269 e. The Morgan fingerprint density at radius 2 is 2.26 bits per heavy atom. The maximum Gasteiger partial charge on any atom is 0.269 e. The summed E-state index contributed by atoms with van der Waals surface area (Å²) in [5, 5.41) is 3.06. The zero-order chi connectivity index (χ0) is 13.1. The molecular formula is C13H19N3O3. The third-order valence-electron chi connectivity index (χ3n) is 3.98. The summed E-state index contributed by atoms with van der Waals surface area (Å²) in [6, 6.07) is 0.169. The van der Waals surface area contributed by atoms with Gasteiger partial charge in [0.15, 0.2) is 0 Å². The fourth-order valence-electron chi connectivity index (χ4n) is 2.89. The number of amides is 1. The Kier molecular flexibility index (Phi) is 3.52. The normalized spacial score (nSPS) is 26.2. The molecule has 0 bridgehead atoms. The molecule has 1 atom stereocenters. The van der Waals surface area contributed by atoms with Crippen molar-refractivity contribution in [2.45, 2.75) is 37.3 Å². The van der Waals surface area contributed by atoms with Gasteiger partial charge in [-0.1, -0.05) is 0 Å². The monoisotopic (exact) mass is 265 g/mol. The minimum Gasteiger partial charge on any atom is -0.381 e. The number of nitrogens with one attached hydrogen (secondary N) is 2. The van der Waals surface area contributed by atoms with Crippen molar-refractivity contribution in [3.8, 4) is 0 Å². The van der Waals surface area contributed by atoms with Crippen LogP contribution in [-0.2, 0) is 9.47 Å². The predicted molar refractivity (Wildman–Crippen MR) is 67.8 cm³/mol. The van der Waals surface area contributed by atoms with Crippen molar-refractivity contribution in [2.24, 2.45) is 0 Å². The number of imidazole rings is 1. The fourth-order valence-corrected chi connectivity index (χ4v) is 2.89. The Morgan fingerprint density at radius 3 is 3.00 bits per heavy atom. The van der Waals surface area contributed by atoms with Crippen molar-refractivity contribution in [3.05, 3.63) is 18.2 Å². The van der Waals surface area contributed by atoms with E-state index < -0.39 is 0 Å². The second-order valence-electron chi connectivity index (χ2n) is 5.27. The number of nitrogens with zero attached hydrogens (tertiary/aromatic N) is 1. The molecule has 1 aromatic heterocycles. The zero-order valence-electron chi connectivity index (χ0n) is 10.9. The lowest BCUT2D eigenvalue weighted by atomic mass is 9.84. The SMILES string of the molecule is O=C(NC1CCOC2(CCOCC2)C1)c1cnc[nH]1. The zero-order valence-corrected chi connectivity index (χ0v) is 10.9. The summed E-state index contributed by atoms with van der Waals surface area (Å²) in [6.45, 7) is 2.20. The van der Waals surface area contributed by atoms with E-state index in [9.17, 15) is 4.79 Å². The molecule has 6 nitrogen and oxygen atoms in total. The van der Waals surface area contributed by atoms with Crippen LogP contribution in [0.25, 0.3) is 0 Å². The molecule has 1 spiro atoms. The van der Waals surface area contributed by atoms with Gasteiger partial charge in [0, 0.05) is 25.9 Å². The summed E-state index contributed by atoms with van der Waals surface area (Å²) in [5.74, 6) is -0.0911. The summed E-state index contributed by atoms with van der Waals surface area (Å²) >= 11 is 0. The minimum absolute atomic E-state index is 0.0911. The molecular weight excluding hydrogens is 246 g/mol. The van der Waals surface area contributed by atoms with Gasteiger partial charge in [0.25, 0.3) is 5.91 Å². The average Bonchev–Trinajstić information content (AvgIpc) is 2.93. The van der Waals surface area contributed by atoms with E-state index in [-0.39, 0.29) is 17.6 Å². The molecule has 2 aliphatic rings. The number of H-pyrrole nitrogens is 1. The van der Waals surface area contributed by atoms with Crippen molar-refractivity contribution in [2.75, 3.05) is 19.8 Å². The van der Waals surface area contributed by atoms with Gasteiger partial charge in [-0.2, -0.15) is 0 Å². The fraction of sp³-hybridized carbons (Fsp3) is 0.692. The van der Waals surface area contributed by atoms with Crippen molar-refractivity contribution in [1.82, 2.24) is 15.3 Å². The highest BCUT2D eigenvalue weighted by atomic mass is 16.5. The van der Waals surface area contributed by atoms with Crippen LogP contribution in [0.4, 0.5) is 0 Å². The Labute approximate surface area is 111 Å². The topological polar surface area (TPSA) is 76.2 Å². The van der Waals surface area contributed by atoms with Gasteiger partial charge < -0.3 is 19.8 Å². The molecule has 19 heavy (non-hydrogen) atoms. The molecule has 1 unspecified atom stereocenters. The molecule has 104 valence electrons. The van der Waals surface area contributed by atoms with Crippen LogP contribution >= 0.6 is 0 Å². The summed E-state index contributed by atoms with van der Waals surface area (Å²) in [4.78, 5) is 18.7. The quantitative estimate of drug-likeness (QED) is 0.832. The molecule has 2 fully saturated rings. The summed E-state index contributed by atoms with van der Waals surface area (Å²) in [5.41, 5.74) is 0.412. The number of aromatic amines is 1. The predicted octanol–water partition coefficient (Wildman–Crippen LogP) is 0.868. The highest BCUT2D eigenvalue weighted by molar-refractivity contribution is 5.92. The molecule has 2 aliphatic heterocycles. The van der Waals surface area contributed by atoms with Crippen LogP contribution < -0.4 is 5.32 Å². The van der Waals surface area contributed by atoms with Crippen LogP contribution in [0, 0.1) is 0 Å². The highest BCUT2D eigenvalue weighted by Crippen LogP contribution is 2.34. The summed E-state index contributed by atoms with van der Waals surface area (Å²) < 4.78 is 11.3. The Morgan fingerprint density at radius 1 is 1.42 bits per heavy atom. The van der Waals surface area contributed by atoms with Crippen LogP contribution in [0.5, 0.6) is 0 Å². The van der Waals surface area contributed by atoms with E-state index in [1.165, 1.54) is 6.33 Å². The number of carbonyl (C=O) groups excluding carboxylic acids is 1. The van der Waals surface area contributed by atoms with E-state index in [2.05, 4.69) is 15.3 Å². The Bertz CT molecular complexity index is 421. The molecule has 0 saturated carbocycles. The molecule has 3 rings (SSSR count). The van der Waals surface area contributed by atoms with Crippen molar-refractivity contribution in [3.63, 3.8) is 0 Å². The van der Waals surface area contributed by atoms with Gasteiger partial charge in [-0.3, -0.25) is 4.79 Å². The molecule has 1 amide bonds. The average molecular weight is 265 g/mol. The van der Waals surface area contributed by atoms with Crippen molar-refractivity contribution >= 4 is 5.91 Å². The minimum atomic E-state index is -0.0948. The van der Waals surface area contributed by atoms with E-state index in [0.717, 1.165) is 38.9 Å². The first-order valence-electron chi connectivity index (χ1n) is 6.78. The molecule has 2 saturated heterocycles. The largest absolute Gasteiger partial charge is 0.381 e. The molecule has 0 aromatic carbocycles. The van der Waals surface area contributed by atoms with Crippen LogP contribution in [0.2, 0.25) is 0 Å². The van der Waals surface area contributed by atoms with Crippen molar-refractivity contribution < 1.29 is 14.3 Å². The van der Waals surface area contributed by atoms with E-state index in [1.807, 2.05) is 0 Å². The maximum atomic E-state index is 12.0. The first-order valence-corrected chi connectivity index (χ1v) is 6.78. The second-order valence-corrected chi connectivity index (χ2v) is 5.27. The third kappa shape index (κ3) is 2.79. The van der Waals surface area contributed by atoms with Gasteiger partial charge in [-0.25, -0.2) is 4.98 Å². The van der Waals surface area contributed by atoms with E-state index in [1.54, 1.807) is 6.20 Å². The van der Waals surface area contributed by atoms with Crippen LogP contribution in [0.3, 0.4) is 0 Å². The van der Waals surface area contributed by atoms with Gasteiger partial charge in [0.1, 0.15) is 5.69 Å². The Hall–Kier alpha value is -1.40. The number of hydrogen-bond donors (Lipinski definition) is 2. The number of rotatable bonds is 2. The summed E-state index contributed by atoms with van der Waals surface area (Å²) in [6.07, 6.45) is 6.63. The first-order chi connectivity index (χ1) is 9.27. The Balaban J connectivity index is 1.60. The summed E-state index contributed by atoms with van der Waals surface area (Å²) in [7, 11) is 0. The van der Waals surface area contributed by atoms with E-state index >= 15 is 0 Å². The number of aromatic nitrogens is 2. The van der Waals surface area contributed by atoms with Crippen molar-refractivity contribution in [1.29, 1.82) is 0 Å². The second kappa shape index (κ2) is 5.30. The molecule has 0 aliphatic carbocycles. The number of ether oxygens (including phenoxy) is 2. The molecule has 1 aromatic rings. The molecule has 6 heteroatoms. The first kappa shape index (κ1) is 12.6. The molecule has 2 N–H and O–H groups in total. The standard InChI is InChI=1S/C13H19N3O3/c17-12(11-8-14-9-15-11)16-10-1-4-19-13(7-10)2-5-18-6-3-13/h8-10H,1-7H2,(H,14,15)(H,16,17). The van der Waals surface area contributed by atoms with Gasteiger partial charge >= 0.3 is 0 Å². The van der Waals surface area contributed by atoms with E-state index in [0.29, 0.717) is 12.3 Å². The third-order valence-corrected chi connectivity index (χ3v) is 3.98. The molecule has 0 radical (unpaired) electrons. The van der Waals surface area contributed by atoms with Gasteiger partial charge in [-0.15, -0.1) is 0 Å². The lowest BCUT2D eigenvalue weighted by Crippen LogP contribution is -2.51. The van der Waals surface area contributed by atoms with Gasteiger partial charge in [0.2, 0.25) is 0 Å². The molecule has 3 heterocycles. The van der Waals surface area contributed by atoms with Crippen LogP contribution in [0.1, 0.15) is 36.2 Å². The lowest BCUT2D eigenvalue weighted by Gasteiger charge is -2.43. The lowest BCUT2D eigenvalue weighted by molar-refractivity contribution is -0.139. The van der Waals surface area contributed by atoms with Gasteiger partial charge in [0.05, 0.1) is 18.1 Å². The number of hydrogen-bond acceptors (Lipinski definition) is 4. The van der Waals surface area contributed by atoms with E-state index in [4.69, 9.17) is 9.47 Å². The van der Waals surface area contributed by atoms with Gasteiger partial charge in [-0.05, 0) is 25.7 Å².